The van der Waals surface area contributed by atoms with Gasteiger partial charge < -0.3 is 15.5 Å². The molecule has 0 unspecified atom stereocenters. The maximum atomic E-state index is 12.1. The van der Waals surface area contributed by atoms with Crippen LogP contribution >= 0.6 is 15.9 Å². The molecule has 0 aliphatic carbocycles. The second-order valence-corrected chi connectivity index (χ2v) is 6.39. The topological polar surface area (TPSA) is 57.3 Å². The molecule has 0 radical (unpaired) electrons. The Kier molecular flexibility index (Phi) is 6.55. The number of amides is 1. The zero-order valence-electron chi connectivity index (χ0n) is 13.3. The Morgan fingerprint density at radius 2 is 1.91 bits per heavy atom. The van der Waals surface area contributed by atoms with Crippen molar-refractivity contribution in [3.8, 4) is 0 Å². The average molecular weight is 377 g/mol. The number of halogens is 1. The molecule has 2 rings (SSSR count). The van der Waals surface area contributed by atoms with E-state index < -0.39 is 0 Å². The van der Waals surface area contributed by atoms with E-state index in [-0.39, 0.29) is 5.91 Å². The summed E-state index contributed by atoms with van der Waals surface area (Å²) in [6.45, 7) is 1.94. The molecule has 1 aromatic carbocycles. The van der Waals surface area contributed by atoms with Crippen LogP contribution in [0.25, 0.3) is 0 Å². The van der Waals surface area contributed by atoms with Crippen LogP contribution in [0.2, 0.25) is 0 Å². The fourth-order valence-electron chi connectivity index (χ4n) is 1.99. The molecule has 1 heterocycles. The molecule has 0 bridgehead atoms. The number of hydrogen-bond donors (Lipinski definition) is 2. The van der Waals surface area contributed by atoms with Gasteiger partial charge in [0.05, 0.1) is 11.9 Å². The van der Waals surface area contributed by atoms with Crippen molar-refractivity contribution < 1.29 is 4.79 Å². The summed E-state index contributed by atoms with van der Waals surface area (Å²) in [7, 11) is 4.12. The van der Waals surface area contributed by atoms with E-state index in [1.165, 1.54) is 0 Å². The molecule has 0 fully saturated rings. The number of aromatic nitrogens is 1. The predicted molar refractivity (Wildman–Crippen MR) is 98.0 cm³/mol. The summed E-state index contributed by atoms with van der Waals surface area (Å²) < 4.78 is 0.942. The van der Waals surface area contributed by atoms with Gasteiger partial charge in [-0.05, 0) is 63.5 Å². The monoisotopic (exact) mass is 376 g/mol. The van der Waals surface area contributed by atoms with E-state index in [9.17, 15) is 4.79 Å². The quantitative estimate of drug-likeness (QED) is 0.726. The lowest BCUT2D eigenvalue weighted by molar-refractivity contribution is 0.102. The van der Waals surface area contributed by atoms with Gasteiger partial charge in [-0.2, -0.15) is 0 Å². The summed E-state index contributed by atoms with van der Waals surface area (Å²) >= 11 is 3.35. The molecule has 2 aromatic rings. The van der Waals surface area contributed by atoms with Crippen molar-refractivity contribution in [2.24, 2.45) is 0 Å². The highest BCUT2D eigenvalue weighted by molar-refractivity contribution is 9.10. The molecule has 2 N–H and O–H groups in total. The van der Waals surface area contributed by atoms with Gasteiger partial charge in [0.2, 0.25) is 0 Å². The molecule has 0 saturated heterocycles. The Morgan fingerprint density at radius 3 is 2.52 bits per heavy atom. The van der Waals surface area contributed by atoms with Crippen molar-refractivity contribution in [2.45, 2.75) is 6.42 Å². The van der Waals surface area contributed by atoms with Crippen molar-refractivity contribution in [1.29, 1.82) is 0 Å². The lowest BCUT2D eigenvalue weighted by Gasteiger charge is -2.11. The van der Waals surface area contributed by atoms with Gasteiger partial charge in [0.1, 0.15) is 5.82 Å². The summed E-state index contributed by atoms with van der Waals surface area (Å²) in [6.07, 6.45) is 2.79. The lowest BCUT2D eigenvalue weighted by Crippen LogP contribution is -2.16. The van der Waals surface area contributed by atoms with E-state index in [0.717, 1.165) is 29.7 Å². The normalized spacial score (nSPS) is 10.6. The Morgan fingerprint density at radius 1 is 1.17 bits per heavy atom. The number of hydrogen-bond acceptors (Lipinski definition) is 4. The van der Waals surface area contributed by atoms with Crippen LogP contribution in [0.5, 0.6) is 0 Å². The first-order valence-electron chi connectivity index (χ1n) is 7.46. The van der Waals surface area contributed by atoms with Gasteiger partial charge in [0, 0.05) is 16.6 Å². The predicted octanol–water partition coefficient (Wildman–Crippen LogP) is 3.46. The number of rotatable bonds is 7. The maximum Gasteiger partial charge on any atom is 0.256 e. The number of nitrogens with one attached hydrogen (secondary N) is 2. The summed E-state index contributed by atoms with van der Waals surface area (Å²) in [4.78, 5) is 18.5. The second-order valence-electron chi connectivity index (χ2n) is 5.48. The fourth-order valence-corrected chi connectivity index (χ4v) is 2.25. The van der Waals surface area contributed by atoms with Crippen LogP contribution in [-0.2, 0) is 0 Å². The Hall–Kier alpha value is -1.92. The first-order valence-corrected chi connectivity index (χ1v) is 8.25. The molecule has 0 aliphatic heterocycles. The van der Waals surface area contributed by atoms with Crippen molar-refractivity contribution >= 4 is 33.3 Å². The molecule has 0 aliphatic rings. The highest BCUT2D eigenvalue weighted by Gasteiger charge is 2.06. The third-order valence-corrected chi connectivity index (χ3v) is 3.75. The lowest BCUT2D eigenvalue weighted by atomic mass is 10.2. The van der Waals surface area contributed by atoms with E-state index in [1.807, 2.05) is 18.2 Å². The van der Waals surface area contributed by atoms with E-state index in [0.29, 0.717) is 11.4 Å². The van der Waals surface area contributed by atoms with E-state index in [1.54, 1.807) is 24.4 Å². The second kappa shape index (κ2) is 8.64. The van der Waals surface area contributed by atoms with E-state index >= 15 is 0 Å². The number of benzene rings is 1. The number of carbonyl (C=O) groups excluding carboxylic acids is 1. The standard InChI is InChI=1S/C17H21BrN4O/c1-22(2)11-3-10-19-15-8-9-16(20-12-15)21-17(23)13-4-6-14(18)7-5-13/h4-9,12,19H,3,10-11H2,1-2H3,(H,20,21,23). The first kappa shape index (κ1) is 17.4. The van der Waals surface area contributed by atoms with Crippen LogP contribution in [0.15, 0.2) is 47.1 Å². The Labute approximate surface area is 145 Å². The van der Waals surface area contributed by atoms with Gasteiger partial charge in [-0.25, -0.2) is 4.98 Å². The van der Waals surface area contributed by atoms with Gasteiger partial charge >= 0.3 is 0 Å². The van der Waals surface area contributed by atoms with E-state index in [4.69, 9.17) is 0 Å². The third kappa shape index (κ3) is 6.00. The first-order chi connectivity index (χ1) is 11.0. The van der Waals surface area contributed by atoms with E-state index in [2.05, 4.69) is 50.5 Å². The Bertz CT molecular complexity index is 626. The highest BCUT2D eigenvalue weighted by atomic mass is 79.9. The molecule has 0 spiro atoms. The summed E-state index contributed by atoms with van der Waals surface area (Å²) in [5, 5.41) is 6.10. The summed E-state index contributed by atoms with van der Waals surface area (Å²) in [5.41, 5.74) is 1.55. The molecular weight excluding hydrogens is 356 g/mol. The minimum absolute atomic E-state index is 0.170. The zero-order valence-corrected chi connectivity index (χ0v) is 14.9. The van der Waals surface area contributed by atoms with Gasteiger partial charge in [-0.1, -0.05) is 15.9 Å². The third-order valence-electron chi connectivity index (χ3n) is 3.22. The summed E-state index contributed by atoms with van der Waals surface area (Å²) in [6, 6.07) is 10.9. The van der Waals surface area contributed by atoms with Crippen LogP contribution in [0.4, 0.5) is 11.5 Å². The smallest absolute Gasteiger partial charge is 0.256 e. The average Bonchev–Trinajstić information content (AvgIpc) is 2.53. The molecule has 1 aromatic heterocycles. The van der Waals surface area contributed by atoms with Crippen LogP contribution in [0, 0.1) is 0 Å². The van der Waals surface area contributed by atoms with Crippen molar-refractivity contribution in [3.05, 3.63) is 52.6 Å². The minimum atomic E-state index is -0.170. The number of nitrogens with zero attached hydrogens (tertiary/aromatic N) is 2. The molecule has 0 saturated carbocycles. The van der Waals surface area contributed by atoms with Gasteiger partial charge in [0.25, 0.3) is 5.91 Å². The molecule has 5 nitrogen and oxygen atoms in total. The molecule has 6 heteroatoms. The Balaban J connectivity index is 1.84. The fraction of sp³-hybridized carbons (Fsp3) is 0.294. The number of anilines is 2. The van der Waals surface area contributed by atoms with Crippen molar-refractivity contribution in [2.75, 3.05) is 37.8 Å². The van der Waals surface area contributed by atoms with Crippen LogP contribution < -0.4 is 10.6 Å². The molecule has 0 atom stereocenters. The summed E-state index contributed by atoms with van der Waals surface area (Å²) in [5.74, 6) is 0.369. The molecule has 23 heavy (non-hydrogen) atoms. The zero-order chi connectivity index (χ0) is 16.7. The SMILES string of the molecule is CN(C)CCCNc1ccc(NC(=O)c2ccc(Br)cc2)nc1. The molecule has 122 valence electrons. The van der Waals surface area contributed by atoms with Gasteiger partial charge in [0.15, 0.2) is 0 Å². The minimum Gasteiger partial charge on any atom is -0.384 e. The molecular formula is C17H21BrN4O. The number of carbonyl (C=O) groups is 1. The van der Waals surface area contributed by atoms with Crippen molar-refractivity contribution in [3.63, 3.8) is 0 Å². The van der Waals surface area contributed by atoms with Crippen LogP contribution in [0.3, 0.4) is 0 Å². The van der Waals surface area contributed by atoms with Crippen LogP contribution in [-0.4, -0.2) is 43.0 Å². The van der Waals surface area contributed by atoms with Crippen molar-refractivity contribution in [1.82, 2.24) is 9.88 Å². The molecule has 1 amide bonds. The van der Waals surface area contributed by atoms with Crippen LogP contribution in [0.1, 0.15) is 16.8 Å². The highest BCUT2D eigenvalue weighted by Crippen LogP contribution is 2.13. The number of pyridine rings is 1. The maximum absolute atomic E-state index is 12.1. The van der Waals surface area contributed by atoms with Gasteiger partial charge in [-0.15, -0.1) is 0 Å². The van der Waals surface area contributed by atoms with Gasteiger partial charge in [-0.3, -0.25) is 4.79 Å². The largest absolute Gasteiger partial charge is 0.384 e.